The fourth-order valence-electron chi connectivity index (χ4n) is 3.97. The predicted molar refractivity (Wildman–Crippen MR) is 127 cm³/mol. The Morgan fingerprint density at radius 2 is 1.64 bits per heavy atom. The molecule has 0 unspecified atom stereocenters. The number of hydrogen-bond donors (Lipinski definition) is 1. The van der Waals surface area contributed by atoms with Crippen LogP contribution >= 0.6 is 0 Å². The molecule has 2 heterocycles. The standard InChI is InChI=1S/C25H28N4O3S/c1-17-6-8-21(9-7-17)23-12-22(33(31,32)29-10-4-5-11-29)13-24(18(23)2)25(30)28-16-20-14-26-19(3)27-15-20/h6-9,12-15H,4-5,10-11,16H2,1-3H3,(H,28,30). The molecule has 1 aliphatic heterocycles. The zero-order valence-corrected chi connectivity index (χ0v) is 19.9. The molecular formula is C25H28N4O3S. The van der Waals surface area contributed by atoms with E-state index in [4.69, 9.17) is 0 Å². The molecule has 172 valence electrons. The van der Waals surface area contributed by atoms with E-state index >= 15 is 0 Å². The molecule has 1 N–H and O–H groups in total. The lowest BCUT2D eigenvalue weighted by atomic mass is 9.95. The van der Waals surface area contributed by atoms with Crippen LogP contribution in [0.15, 0.2) is 53.7 Å². The van der Waals surface area contributed by atoms with Gasteiger partial charge in [0, 0.05) is 43.2 Å². The van der Waals surface area contributed by atoms with Gasteiger partial charge in [-0.3, -0.25) is 4.79 Å². The van der Waals surface area contributed by atoms with E-state index in [0.29, 0.717) is 24.5 Å². The van der Waals surface area contributed by atoms with E-state index in [1.54, 1.807) is 25.4 Å². The van der Waals surface area contributed by atoms with Gasteiger partial charge in [0.25, 0.3) is 5.91 Å². The second-order valence-corrected chi connectivity index (χ2v) is 10.4. The first kappa shape index (κ1) is 23.1. The van der Waals surface area contributed by atoms with Crippen LogP contribution in [0, 0.1) is 20.8 Å². The topological polar surface area (TPSA) is 92.3 Å². The summed E-state index contributed by atoms with van der Waals surface area (Å²) in [6, 6.07) is 11.1. The highest BCUT2D eigenvalue weighted by Crippen LogP contribution is 2.32. The number of amides is 1. The molecule has 0 bridgehead atoms. The second kappa shape index (κ2) is 9.41. The van der Waals surface area contributed by atoms with Crippen LogP contribution in [0.5, 0.6) is 0 Å². The highest BCUT2D eigenvalue weighted by atomic mass is 32.2. The third-order valence-corrected chi connectivity index (χ3v) is 7.86. The first-order valence-corrected chi connectivity index (χ1v) is 12.5. The summed E-state index contributed by atoms with van der Waals surface area (Å²) < 4.78 is 28.2. The number of nitrogens with one attached hydrogen (secondary N) is 1. The van der Waals surface area contributed by atoms with Gasteiger partial charge in [-0.1, -0.05) is 29.8 Å². The van der Waals surface area contributed by atoms with Crippen molar-refractivity contribution in [2.75, 3.05) is 13.1 Å². The number of carbonyl (C=O) groups is 1. The molecule has 3 aromatic rings. The Kier molecular flexibility index (Phi) is 6.58. The Morgan fingerprint density at radius 3 is 2.27 bits per heavy atom. The van der Waals surface area contributed by atoms with Gasteiger partial charge in [-0.2, -0.15) is 4.31 Å². The molecule has 1 amide bonds. The maximum Gasteiger partial charge on any atom is 0.251 e. The summed E-state index contributed by atoms with van der Waals surface area (Å²) >= 11 is 0. The molecule has 33 heavy (non-hydrogen) atoms. The molecule has 0 atom stereocenters. The van der Waals surface area contributed by atoms with Gasteiger partial charge in [-0.25, -0.2) is 18.4 Å². The van der Waals surface area contributed by atoms with Crippen molar-refractivity contribution in [1.29, 1.82) is 0 Å². The zero-order valence-electron chi connectivity index (χ0n) is 19.1. The Hall–Kier alpha value is -3.10. The minimum atomic E-state index is -3.69. The number of benzene rings is 2. The van der Waals surface area contributed by atoms with Crippen molar-refractivity contribution in [3.63, 3.8) is 0 Å². The first-order valence-electron chi connectivity index (χ1n) is 11.0. The van der Waals surface area contributed by atoms with Crippen LogP contribution in [-0.2, 0) is 16.6 Å². The van der Waals surface area contributed by atoms with Crippen LogP contribution < -0.4 is 5.32 Å². The quantitative estimate of drug-likeness (QED) is 0.599. The molecule has 0 radical (unpaired) electrons. The molecule has 2 aromatic carbocycles. The third kappa shape index (κ3) is 4.96. The number of nitrogens with zero attached hydrogens (tertiary/aromatic N) is 3. The number of aromatic nitrogens is 2. The molecule has 0 spiro atoms. The molecule has 1 aliphatic rings. The largest absolute Gasteiger partial charge is 0.348 e. The predicted octanol–water partition coefficient (Wildman–Crippen LogP) is 3.78. The zero-order chi connectivity index (χ0) is 23.6. The highest BCUT2D eigenvalue weighted by molar-refractivity contribution is 7.89. The number of sulfonamides is 1. The summed E-state index contributed by atoms with van der Waals surface area (Å²) in [7, 11) is -3.69. The van der Waals surface area contributed by atoms with E-state index in [9.17, 15) is 13.2 Å². The van der Waals surface area contributed by atoms with Gasteiger partial charge in [-0.15, -0.1) is 0 Å². The molecule has 4 rings (SSSR count). The molecule has 7 nitrogen and oxygen atoms in total. The summed E-state index contributed by atoms with van der Waals surface area (Å²) in [4.78, 5) is 21.6. The van der Waals surface area contributed by atoms with Crippen molar-refractivity contribution in [2.24, 2.45) is 0 Å². The van der Waals surface area contributed by atoms with Crippen molar-refractivity contribution < 1.29 is 13.2 Å². The van der Waals surface area contributed by atoms with Gasteiger partial charge in [0.05, 0.1) is 4.90 Å². The molecule has 1 fully saturated rings. The fourth-order valence-corrected chi connectivity index (χ4v) is 5.54. The van der Waals surface area contributed by atoms with E-state index in [1.165, 1.54) is 10.4 Å². The van der Waals surface area contributed by atoms with Crippen LogP contribution in [-0.4, -0.2) is 41.7 Å². The van der Waals surface area contributed by atoms with Crippen molar-refractivity contribution >= 4 is 15.9 Å². The Balaban J connectivity index is 1.74. The smallest absolute Gasteiger partial charge is 0.251 e. The molecule has 0 saturated carbocycles. The van der Waals surface area contributed by atoms with Crippen molar-refractivity contribution in [3.05, 3.63) is 76.9 Å². The van der Waals surface area contributed by atoms with Gasteiger partial charge in [0.1, 0.15) is 5.82 Å². The lowest BCUT2D eigenvalue weighted by Gasteiger charge is -2.19. The molecular weight excluding hydrogens is 436 g/mol. The number of rotatable bonds is 6. The summed E-state index contributed by atoms with van der Waals surface area (Å²) in [5, 5.41) is 2.88. The summed E-state index contributed by atoms with van der Waals surface area (Å²) in [6.07, 6.45) is 5.03. The van der Waals surface area contributed by atoms with Crippen molar-refractivity contribution in [2.45, 2.75) is 45.1 Å². The number of carbonyl (C=O) groups excluding carboxylic acids is 1. The SMILES string of the molecule is Cc1ccc(-c2cc(S(=O)(=O)N3CCCC3)cc(C(=O)NCc3cnc(C)nc3)c2C)cc1. The van der Waals surface area contributed by atoms with E-state index in [0.717, 1.165) is 40.7 Å². The molecule has 1 saturated heterocycles. The van der Waals surface area contributed by atoms with Gasteiger partial charge in [0.15, 0.2) is 0 Å². The van der Waals surface area contributed by atoms with Gasteiger partial charge >= 0.3 is 0 Å². The maximum atomic E-state index is 13.3. The van der Waals surface area contributed by atoms with E-state index in [2.05, 4.69) is 15.3 Å². The molecule has 8 heteroatoms. The Morgan fingerprint density at radius 1 is 1.00 bits per heavy atom. The average molecular weight is 465 g/mol. The Bertz CT molecular complexity index is 1260. The van der Waals surface area contributed by atoms with Gasteiger partial charge < -0.3 is 5.32 Å². The van der Waals surface area contributed by atoms with Crippen molar-refractivity contribution in [3.8, 4) is 11.1 Å². The normalized spacial score (nSPS) is 14.4. The van der Waals surface area contributed by atoms with Gasteiger partial charge in [-0.05, 0) is 62.4 Å². The Labute approximate surface area is 194 Å². The second-order valence-electron chi connectivity index (χ2n) is 8.44. The van der Waals surface area contributed by atoms with Crippen LogP contribution in [0.3, 0.4) is 0 Å². The van der Waals surface area contributed by atoms with Crippen LogP contribution in [0.2, 0.25) is 0 Å². The lowest BCUT2D eigenvalue weighted by molar-refractivity contribution is 0.0950. The van der Waals surface area contributed by atoms with E-state index in [-0.39, 0.29) is 17.3 Å². The van der Waals surface area contributed by atoms with E-state index < -0.39 is 10.0 Å². The summed E-state index contributed by atoms with van der Waals surface area (Å²) in [5.74, 6) is 0.323. The molecule has 1 aromatic heterocycles. The minimum absolute atomic E-state index is 0.148. The highest BCUT2D eigenvalue weighted by Gasteiger charge is 2.29. The lowest BCUT2D eigenvalue weighted by Crippen LogP contribution is -2.29. The summed E-state index contributed by atoms with van der Waals surface area (Å²) in [6.45, 7) is 6.91. The van der Waals surface area contributed by atoms with Crippen LogP contribution in [0.4, 0.5) is 0 Å². The molecule has 0 aliphatic carbocycles. The van der Waals surface area contributed by atoms with E-state index in [1.807, 2.05) is 38.1 Å². The third-order valence-electron chi connectivity index (χ3n) is 5.98. The fraction of sp³-hybridized carbons (Fsp3) is 0.320. The maximum absolute atomic E-state index is 13.3. The monoisotopic (exact) mass is 464 g/mol. The van der Waals surface area contributed by atoms with Gasteiger partial charge in [0.2, 0.25) is 10.0 Å². The van der Waals surface area contributed by atoms with Crippen LogP contribution in [0.25, 0.3) is 11.1 Å². The minimum Gasteiger partial charge on any atom is -0.348 e. The number of aryl methyl sites for hydroxylation is 2. The number of hydrogen-bond acceptors (Lipinski definition) is 5. The first-order chi connectivity index (χ1) is 15.8. The van der Waals surface area contributed by atoms with Crippen LogP contribution in [0.1, 0.15) is 45.7 Å². The average Bonchev–Trinajstić information content (AvgIpc) is 3.35. The summed E-state index contributed by atoms with van der Waals surface area (Å²) in [5.41, 5.74) is 4.56. The van der Waals surface area contributed by atoms with Crippen molar-refractivity contribution in [1.82, 2.24) is 19.6 Å².